The first-order valence-corrected chi connectivity index (χ1v) is 6.98. The third-order valence-electron chi connectivity index (χ3n) is 3.99. The Morgan fingerprint density at radius 3 is 2.71 bits per heavy atom. The number of unbranched alkanes of at least 4 members (excludes halogenated alkanes) is 2. The van der Waals surface area contributed by atoms with Gasteiger partial charge in [0.1, 0.15) is 0 Å². The molecule has 17 heavy (non-hydrogen) atoms. The minimum Gasteiger partial charge on any atom is -0.385 e. The number of aryl methyl sites for hydroxylation is 2. The summed E-state index contributed by atoms with van der Waals surface area (Å²) in [5, 5.41) is 10.5. The fraction of sp³-hybridized carbons (Fsp3) is 0.625. The SMILES string of the molecule is CCCCCC(C)(O)c1ccc2c(c1)CCC2. The second-order valence-electron chi connectivity index (χ2n) is 5.57. The van der Waals surface area contributed by atoms with Gasteiger partial charge in [0, 0.05) is 0 Å². The molecule has 1 aliphatic carbocycles. The van der Waals surface area contributed by atoms with E-state index in [4.69, 9.17) is 0 Å². The lowest BCUT2D eigenvalue weighted by atomic mass is 9.88. The third-order valence-corrected chi connectivity index (χ3v) is 3.99. The van der Waals surface area contributed by atoms with Crippen LogP contribution in [0.25, 0.3) is 0 Å². The fourth-order valence-corrected chi connectivity index (χ4v) is 2.77. The maximum absolute atomic E-state index is 10.5. The molecule has 0 aliphatic heterocycles. The second-order valence-corrected chi connectivity index (χ2v) is 5.57. The van der Waals surface area contributed by atoms with E-state index in [1.165, 1.54) is 43.2 Å². The summed E-state index contributed by atoms with van der Waals surface area (Å²) >= 11 is 0. The Kier molecular flexibility index (Phi) is 3.88. The molecular formula is C16H24O. The number of hydrogen-bond donors (Lipinski definition) is 1. The van der Waals surface area contributed by atoms with Gasteiger partial charge in [-0.1, -0.05) is 44.4 Å². The van der Waals surface area contributed by atoms with Gasteiger partial charge < -0.3 is 5.11 Å². The Balaban J connectivity index is 2.10. The van der Waals surface area contributed by atoms with Gasteiger partial charge in [-0.2, -0.15) is 0 Å². The van der Waals surface area contributed by atoms with Crippen LogP contribution in [0.5, 0.6) is 0 Å². The van der Waals surface area contributed by atoms with Crippen LogP contribution in [0.15, 0.2) is 18.2 Å². The first-order chi connectivity index (χ1) is 8.13. The molecule has 1 aliphatic rings. The van der Waals surface area contributed by atoms with Crippen LogP contribution in [0.2, 0.25) is 0 Å². The van der Waals surface area contributed by atoms with Crippen LogP contribution in [0.3, 0.4) is 0 Å². The summed E-state index contributed by atoms with van der Waals surface area (Å²) in [6.07, 6.45) is 8.08. The lowest BCUT2D eigenvalue weighted by Gasteiger charge is -2.24. The van der Waals surface area contributed by atoms with Crippen molar-refractivity contribution in [2.24, 2.45) is 0 Å². The Hall–Kier alpha value is -0.820. The number of rotatable bonds is 5. The second kappa shape index (κ2) is 5.22. The molecule has 0 bridgehead atoms. The average molecular weight is 232 g/mol. The first kappa shape index (κ1) is 12.6. The summed E-state index contributed by atoms with van der Waals surface area (Å²) in [6, 6.07) is 6.57. The van der Waals surface area contributed by atoms with Gasteiger partial charge >= 0.3 is 0 Å². The van der Waals surface area contributed by atoms with Gasteiger partial charge in [-0.25, -0.2) is 0 Å². The molecule has 94 valence electrons. The highest BCUT2D eigenvalue weighted by Gasteiger charge is 2.24. The van der Waals surface area contributed by atoms with E-state index in [2.05, 4.69) is 25.1 Å². The smallest absolute Gasteiger partial charge is 0.0868 e. The van der Waals surface area contributed by atoms with E-state index < -0.39 is 5.60 Å². The van der Waals surface area contributed by atoms with Gasteiger partial charge in [-0.3, -0.25) is 0 Å². The lowest BCUT2D eigenvalue weighted by molar-refractivity contribution is 0.0449. The van der Waals surface area contributed by atoms with Gasteiger partial charge in [0.25, 0.3) is 0 Å². The van der Waals surface area contributed by atoms with Crippen molar-refractivity contribution in [2.75, 3.05) is 0 Å². The molecule has 1 aromatic carbocycles. The monoisotopic (exact) mass is 232 g/mol. The molecule has 0 saturated heterocycles. The number of fused-ring (bicyclic) bond motifs is 1. The van der Waals surface area contributed by atoms with Crippen molar-refractivity contribution in [1.82, 2.24) is 0 Å². The molecular weight excluding hydrogens is 208 g/mol. The molecule has 1 unspecified atom stereocenters. The Labute approximate surface area is 105 Å². The van der Waals surface area contributed by atoms with Crippen LogP contribution in [-0.4, -0.2) is 5.11 Å². The Bertz CT molecular complexity index is 379. The number of benzene rings is 1. The zero-order valence-electron chi connectivity index (χ0n) is 11.1. The molecule has 0 heterocycles. The van der Waals surface area contributed by atoms with Crippen molar-refractivity contribution in [3.05, 3.63) is 34.9 Å². The van der Waals surface area contributed by atoms with Crippen molar-refractivity contribution in [3.8, 4) is 0 Å². The topological polar surface area (TPSA) is 20.2 Å². The third kappa shape index (κ3) is 2.90. The summed E-state index contributed by atoms with van der Waals surface area (Å²) in [6.45, 7) is 4.16. The van der Waals surface area contributed by atoms with Crippen molar-refractivity contribution in [2.45, 2.75) is 64.4 Å². The maximum atomic E-state index is 10.5. The molecule has 0 aromatic heterocycles. The summed E-state index contributed by atoms with van der Waals surface area (Å²) in [5.74, 6) is 0. The van der Waals surface area contributed by atoms with Gasteiger partial charge in [-0.15, -0.1) is 0 Å². The largest absolute Gasteiger partial charge is 0.385 e. The van der Waals surface area contributed by atoms with E-state index in [0.29, 0.717) is 0 Å². The van der Waals surface area contributed by atoms with Gasteiger partial charge in [0.05, 0.1) is 5.60 Å². The highest BCUT2D eigenvalue weighted by atomic mass is 16.3. The normalized spacial score (nSPS) is 17.8. The minimum atomic E-state index is -0.646. The predicted octanol–water partition coefficient (Wildman–Crippen LogP) is 3.96. The van der Waals surface area contributed by atoms with Gasteiger partial charge in [0.2, 0.25) is 0 Å². The zero-order valence-corrected chi connectivity index (χ0v) is 11.1. The highest BCUT2D eigenvalue weighted by Crippen LogP contribution is 2.31. The van der Waals surface area contributed by atoms with E-state index in [0.717, 1.165) is 18.4 Å². The van der Waals surface area contributed by atoms with Crippen molar-refractivity contribution >= 4 is 0 Å². The summed E-state index contributed by atoms with van der Waals surface area (Å²) in [5.41, 5.74) is 3.40. The lowest BCUT2D eigenvalue weighted by Crippen LogP contribution is -2.21. The zero-order chi connectivity index (χ0) is 12.3. The van der Waals surface area contributed by atoms with Gasteiger partial charge in [-0.05, 0) is 49.3 Å². The van der Waals surface area contributed by atoms with Crippen molar-refractivity contribution in [1.29, 1.82) is 0 Å². The number of aliphatic hydroxyl groups is 1. The fourth-order valence-electron chi connectivity index (χ4n) is 2.77. The number of hydrogen-bond acceptors (Lipinski definition) is 1. The quantitative estimate of drug-likeness (QED) is 0.762. The summed E-state index contributed by atoms with van der Waals surface area (Å²) in [4.78, 5) is 0. The Morgan fingerprint density at radius 2 is 1.94 bits per heavy atom. The van der Waals surface area contributed by atoms with Crippen LogP contribution >= 0.6 is 0 Å². The van der Waals surface area contributed by atoms with E-state index in [-0.39, 0.29) is 0 Å². The molecule has 0 amide bonds. The molecule has 1 nitrogen and oxygen atoms in total. The maximum Gasteiger partial charge on any atom is 0.0868 e. The molecule has 0 saturated carbocycles. The minimum absolute atomic E-state index is 0.646. The van der Waals surface area contributed by atoms with Crippen LogP contribution in [-0.2, 0) is 18.4 Å². The van der Waals surface area contributed by atoms with Crippen LogP contribution < -0.4 is 0 Å². The predicted molar refractivity (Wildman–Crippen MR) is 72.2 cm³/mol. The standard InChI is InChI=1S/C16H24O/c1-3-4-5-11-16(2,17)15-10-9-13-7-6-8-14(13)12-15/h9-10,12,17H,3-8,11H2,1-2H3. The summed E-state index contributed by atoms with van der Waals surface area (Å²) in [7, 11) is 0. The van der Waals surface area contributed by atoms with Crippen LogP contribution in [0, 0.1) is 0 Å². The first-order valence-electron chi connectivity index (χ1n) is 6.98. The van der Waals surface area contributed by atoms with E-state index >= 15 is 0 Å². The molecule has 0 fully saturated rings. The highest BCUT2D eigenvalue weighted by molar-refractivity contribution is 5.37. The molecule has 0 radical (unpaired) electrons. The molecule has 1 N–H and O–H groups in total. The average Bonchev–Trinajstić information content (AvgIpc) is 2.76. The van der Waals surface area contributed by atoms with E-state index in [1.807, 2.05) is 6.92 Å². The molecule has 2 rings (SSSR count). The summed E-state index contributed by atoms with van der Waals surface area (Å²) < 4.78 is 0. The van der Waals surface area contributed by atoms with Gasteiger partial charge in [0.15, 0.2) is 0 Å². The molecule has 1 aromatic rings. The Morgan fingerprint density at radius 1 is 1.18 bits per heavy atom. The van der Waals surface area contributed by atoms with Crippen molar-refractivity contribution < 1.29 is 5.11 Å². The van der Waals surface area contributed by atoms with Crippen molar-refractivity contribution in [3.63, 3.8) is 0 Å². The van der Waals surface area contributed by atoms with Crippen LogP contribution in [0.1, 0.15) is 62.6 Å². The molecule has 1 heteroatoms. The van der Waals surface area contributed by atoms with E-state index in [9.17, 15) is 5.11 Å². The molecule has 1 atom stereocenters. The van der Waals surface area contributed by atoms with E-state index in [1.54, 1.807) is 0 Å². The molecule has 0 spiro atoms. The van der Waals surface area contributed by atoms with Crippen LogP contribution in [0.4, 0.5) is 0 Å².